The number of hydrogen-bond acceptors (Lipinski definition) is 7. The number of halogens is 1. The lowest BCUT2D eigenvalue weighted by atomic mass is 10.1. The number of ether oxygens (including phenoxy) is 2. The number of carbonyl (C=O) groups excluding carboxylic acids is 2. The Hall–Kier alpha value is -4.95. The van der Waals surface area contributed by atoms with Crippen molar-refractivity contribution >= 4 is 45.8 Å². The van der Waals surface area contributed by atoms with Crippen LogP contribution in [0.2, 0.25) is 5.02 Å². The highest BCUT2D eigenvalue weighted by Crippen LogP contribution is 2.29. The molecule has 9 heteroatoms. The van der Waals surface area contributed by atoms with Crippen LogP contribution in [0.1, 0.15) is 35.0 Å². The SMILES string of the molecule is CCC(=O)OCc1cnc(C)c2oc(=Nc3ccc(-c4ccccc4)cc3)c(C(=O)Nc3cc(Cl)ccc3OC)cc12. The molecule has 212 valence electrons. The van der Waals surface area contributed by atoms with Gasteiger partial charge in [0.1, 0.15) is 17.9 Å². The van der Waals surface area contributed by atoms with Crippen LogP contribution < -0.4 is 15.6 Å². The van der Waals surface area contributed by atoms with Gasteiger partial charge in [-0.1, -0.05) is 61.0 Å². The highest BCUT2D eigenvalue weighted by atomic mass is 35.5. The van der Waals surface area contributed by atoms with Gasteiger partial charge in [-0.15, -0.1) is 0 Å². The average molecular weight is 582 g/mol. The molecule has 0 spiro atoms. The Morgan fingerprint density at radius 3 is 2.45 bits per heavy atom. The topological polar surface area (TPSA) is 103 Å². The third kappa shape index (κ3) is 6.34. The van der Waals surface area contributed by atoms with Crippen LogP contribution in [0.4, 0.5) is 11.4 Å². The molecule has 0 aliphatic heterocycles. The zero-order valence-corrected chi connectivity index (χ0v) is 24.1. The first-order valence-electron chi connectivity index (χ1n) is 13.3. The fraction of sp³-hybridized carbons (Fsp3) is 0.152. The Labute approximate surface area is 247 Å². The summed E-state index contributed by atoms with van der Waals surface area (Å²) < 4.78 is 17.0. The smallest absolute Gasteiger partial charge is 0.305 e. The van der Waals surface area contributed by atoms with Gasteiger partial charge in [-0.05, 0) is 54.4 Å². The number of nitrogens with one attached hydrogen (secondary N) is 1. The van der Waals surface area contributed by atoms with Crippen molar-refractivity contribution in [2.24, 2.45) is 4.99 Å². The first kappa shape index (κ1) is 28.6. The van der Waals surface area contributed by atoms with Gasteiger partial charge in [0.2, 0.25) is 5.55 Å². The fourth-order valence-corrected chi connectivity index (χ4v) is 4.53. The number of carbonyl (C=O) groups is 2. The number of aryl methyl sites for hydroxylation is 1. The molecular weight excluding hydrogens is 554 g/mol. The minimum absolute atomic E-state index is 0.0212. The van der Waals surface area contributed by atoms with E-state index in [9.17, 15) is 9.59 Å². The Kier molecular flexibility index (Phi) is 8.64. The molecule has 2 heterocycles. The van der Waals surface area contributed by atoms with E-state index in [1.165, 1.54) is 7.11 Å². The monoisotopic (exact) mass is 581 g/mol. The van der Waals surface area contributed by atoms with Crippen molar-refractivity contribution in [2.75, 3.05) is 12.4 Å². The van der Waals surface area contributed by atoms with Crippen molar-refractivity contribution in [2.45, 2.75) is 26.9 Å². The standard InChI is InChI=1S/C33H28ClN3O5/c1-4-30(38)41-19-23-18-35-20(2)31-26(23)17-27(32(39)37-28-16-24(34)12-15-29(28)40-3)33(42-31)36-25-13-10-22(11-14-25)21-8-6-5-7-9-21/h5-18H,4,19H2,1-3H3,(H,37,39). The van der Waals surface area contributed by atoms with E-state index in [1.807, 2.05) is 54.6 Å². The van der Waals surface area contributed by atoms with Crippen molar-refractivity contribution < 1.29 is 23.5 Å². The van der Waals surface area contributed by atoms with Crippen molar-refractivity contribution in [1.82, 2.24) is 4.98 Å². The van der Waals surface area contributed by atoms with Crippen molar-refractivity contribution in [1.29, 1.82) is 0 Å². The molecule has 0 saturated heterocycles. The normalized spacial score (nSPS) is 11.4. The van der Waals surface area contributed by atoms with E-state index in [4.69, 9.17) is 30.5 Å². The number of amides is 1. The number of anilines is 1. The van der Waals surface area contributed by atoms with Gasteiger partial charge >= 0.3 is 5.97 Å². The molecule has 0 fully saturated rings. The van der Waals surface area contributed by atoms with E-state index in [1.54, 1.807) is 44.3 Å². The van der Waals surface area contributed by atoms with Gasteiger partial charge in [-0.25, -0.2) is 4.99 Å². The number of esters is 1. The maximum absolute atomic E-state index is 13.8. The molecule has 0 saturated carbocycles. The second-order valence-corrected chi connectivity index (χ2v) is 9.85. The van der Waals surface area contributed by atoms with E-state index in [2.05, 4.69) is 10.3 Å². The van der Waals surface area contributed by atoms with Crippen LogP contribution in [0, 0.1) is 6.92 Å². The molecule has 5 aromatic rings. The summed E-state index contributed by atoms with van der Waals surface area (Å²) in [6, 6.07) is 24.2. The lowest BCUT2D eigenvalue weighted by molar-refractivity contribution is -0.144. The molecule has 0 radical (unpaired) electrons. The minimum atomic E-state index is -0.494. The van der Waals surface area contributed by atoms with Crippen molar-refractivity contribution in [3.8, 4) is 16.9 Å². The first-order valence-corrected chi connectivity index (χ1v) is 13.7. The summed E-state index contributed by atoms with van der Waals surface area (Å²) in [4.78, 5) is 34.8. The fourth-order valence-electron chi connectivity index (χ4n) is 4.35. The van der Waals surface area contributed by atoms with Gasteiger partial charge in [-0.3, -0.25) is 14.6 Å². The van der Waals surface area contributed by atoms with Crippen LogP contribution in [0.5, 0.6) is 5.75 Å². The maximum Gasteiger partial charge on any atom is 0.305 e. The average Bonchev–Trinajstić information content (AvgIpc) is 3.01. The van der Waals surface area contributed by atoms with E-state index < -0.39 is 5.91 Å². The molecule has 0 aliphatic rings. The summed E-state index contributed by atoms with van der Waals surface area (Å²) in [6.07, 6.45) is 1.85. The van der Waals surface area contributed by atoms with Gasteiger partial charge in [0, 0.05) is 28.6 Å². The third-order valence-electron chi connectivity index (χ3n) is 6.59. The maximum atomic E-state index is 13.8. The van der Waals surface area contributed by atoms with Crippen molar-refractivity contribution in [3.05, 3.63) is 112 Å². The Balaban J connectivity index is 1.64. The predicted molar refractivity (Wildman–Crippen MR) is 162 cm³/mol. The number of pyridine rings is 1. The predicted octanol–water partition coefficient (Wildman–Crippen LogP) is 7.40. The van der Waals surface area contributed by atoms with Crippen LogP contribution in [0.15, 0.2) is 94.5 Å². The molecule has 42 heavy (non-hydrogen) atoms. The van der Waals surface area contributed by atoms with Gasteiger partial charge in [0.05, 0.1) is 24.2 Å². The van der Waals surface area contributed by atoms with Crippen LogP contribution >= 0.6 is 11.6 Å². The number of fused-ring (bicyclic) bond motifs is 1. The highest BCUT2D eigenvalue weighted by molar-refractivity contribution is 6.31. The van der Waals surface area contributed by atoms with E-state index in [-0.39, 0.29) is 30.1 Å². The molecule has 1 amide bonds. The van der Waals surface area contributed by atoms with Gasteiger partial charge < -0.3 is 19.2 Å². The first-order chi connectivity index (χ1) is 20.4. The van der Waals surface area contributed by atoms with Crippen molar-refractivity contribution in [3.63, 3.8) is 0 Å². The zero-order valence-electron chi connectivity index (χ0n) is 23.3. The van der Waals surface area contributed by atoms with E-state index in [0.717, 1.165) is 11.1 Å². The second kappa shape index (κ2) is 12.7. The molecular formula is C33H28ClN3O5. The summed E-state index contributed by atoms with van der Waals surface area (Å²) in [5.41, 5.74) is 4.93. The number of nitrogens with zero attached hydrogens (tertiary/aromatic N) is 2. The molecule has 5 rings (SSSR count). The molecule has 0 bridgehead atoms. The summed E-state index contributed by atoms with van der Waals surface area (Å²) in [5, 5.41) is 3.87. The molecule has 0 unspecified atom stereocenters. The van der Waals surface area contributed by atoms with E-state index in [0.29, 0.717) is 44.4 Å². The Morgan fingerprint density at radius 1 is 1.00 bits per heavy atom. The molecule has 1 N–H and O–H groups in total. The lowest BCUT2D eigenvalue weighted by Gasteiger charge is -2.13. The summed E-state index contributed by atoms with van der Waals surface area (Å²) >= 11 is 6.20. The zero-order chi connectivity index (χ0) is 29.6. The number of hydrogen-bond donors (Lipinski definition) is 1. The van der Waals surface area contributed by atoms with Crippen LogP contribution in [-0.4, -0.2) is 24.0 Å². The van der Waals surface area contributed by atoms with Crippen LogP contribution in [0.3, 0.4) is 0 Å². The molecule has 8 nitrogen and oxygen atoms in total. The summed E-state index contributed by atoms with van der Waals surface area (Å²) in [7, 11) is 1.50. The Morgan fingerprint density at radius 2 is 1.74 bits per heavy atom. The highest BCUT2D eigenvalue weighted by Gasteiger charge is 2.19. The van der Waals surface area contributed by atoms with Gasteiger partial charge in [0.25, 0.3) is 5.91 Å². The van der Waals surface area contributed by atoms with E-state index >= 15 is 0 Å². The second-order valence-electron chi connectivity index (χ2n) is 9.41. The van der Waals surface area contributed by atoms with Crippen LogP contribution in [0.25, 0.3) is 22.1 Å². The minimum Gasteiger partial charge on any atom is -0.495 e. The molecule has 0 atom stereocenters. The Bertz CT molecular complexity index is 1830. The lowest BCUT2D eigenvalue weighted by Crippen LogP contribution is -2.22. The molecule has 2 aromatic heterocycles. The number of rotatable bonds is 8. The quantitative estimate of drug-likeness (QED) is 0.191. The summed E-state index contributed by atoms with van der Waals surface area (Å²) in [6.45, 7) is 3.49. The largest absolute Gasteiger partial charge is 0.495 e. The van der Waals surface area contributed by atoms with Crippen LogP contribution in [-0.2, 0) is 16.1 Å². The van der Waals surface area contributed by atoms with Gasteiger partial charge in [0.15, 0.2) is 5.58 Å². The number of benzene rings is 3. The summed E-state index contributed by atoms with van der Waals surface area (Å²) in [5.74, 6) is -0.406. The number of aromatic nitrogens is 1. The third-order valence-corrected chi connectivity index (χ3v) is 6.82. The number of methoxy groups -OCH3 is 1. The molecule has 0 aliphatic carbocycles. The molecule has 3 aromatic carbocycles. The van der Waals surface area contributed by atoms with Gasteiger partial charge in [-0.2, -0.15) is 0 Å².